The maximum absolute atomic E-state index is 11.7. The van der Waals surface area contributed by atoms with Crippen molar-refractivity contribution >= 4 is 23.2 Å². The minimum absolute atomic E-state index is 0.142. The molecule has 0 saturated heterocycles. The van der Waals surface area contributed by atoms with E-state index in [-0.39, 0.29) is 20.9 Å². The first kappa shape index (κ1) is 18.0. The van der Waals surface area contributed by atoms with E-state index in [0.717, 1.165) is 11.1 Å². The standard InChI is InChI=1S/C16H10O2.C4Cl2O2/c17-15-13(11-7-3-1-4-8-11)14(16(15)18)12-9-5-2-6-10-12;5-1-2(6)4(8)3(1)7/h1-10H;. The van der Waals surface area contributed by atoms with Crippen LogP contribution in [0.15, 0.2) is 79.8 Å². The third-order valence-corrected chi connectivity index (χ3v) is 4.65. The van der Waals surface area contributed by atoms with Gasteiger partial charge in [-0.15, -0.1) is 0 Å². The van der Waals surface area contributed by atoms with Gasteiger partial charge in [-0.3, -0.25) is 19.2 Å². The van der Waals surface area contributed by atoms with Crippen LogP contribution in [0.5, 0.6) is 0 Å². The lowest BCUT2D eigenvalue weighted by atomic mass is 9.89. The third-order valence-electron chi connectivity index (χ3n) is 3.83. The van der Waals surface area contributed by atoms with Crippen molar-refractivity contribution in [2.75, 3.05) is 0 Å². The molecule has 128 valence electrons. The molecule has 0 saturated carbocycles. The van der Waals surface area contributed by atoms with Gasteiger partial charge in [-0.25, -0.2) is 0 Å². The molecule has 4 nitrogen and oxygen atoms in total. The lowest BCUT2D eigenvalue weighted by Gasteiger charge is -2.11. The number of halogens is 2. The molecular formula is C20H10Cl2O4. The average Bonchev–Trinajstić information content (AvgIpc) is 2.71. The second-order valence-electron chi connectivity index (χ2n) is 5.43. The normalized spacial score (nSPS) is 10.5. The summed E-state index contributed by atoms with van der Waals surface area (Å²) in [6, 6.07) is 18.6. The molecule has 0 aromatic heterocycles. The predicted molar refractivity (Wildman–Crippen MR) is 104 cm³/mol. The molecule has 0 amide bonds. The van der Waals surface area contributed by atoms with Gasteiger partial charge in [-0.05, 0) is 11.1 Å². The molecule has 0 unspecified atom stereocenters. The molecule has 4 rings (SSSR count). The van der Waals surface area contributed by atoms with Crippen LogP contribution in [0, 0.1) is 0 Å². The van der Waals surface area contributed by atoms with Crippen molar-refractivity contribution in [2.24, 2.45) is 0 Å². The molecule has 0 atom stereocenters. The van der Waals surface area contributed by atoms with E-state index in [2.05, 4.69) is 0 Å². The summed E-state index contributed by atoms with van der Waals surface area (Å²) in [5.41, 5.74) is 0.536. The van der Waals surface area contributed by atoms with Crippen LogP contribution in [-0.2, 0) is 0 Å². The molecule has 4 aromatic rings. The van der Waals surface area contributed by atoms with Gasteiger partial charge in [0.15, 0.2) is 0 Å². The van der Waals surface area contributed by atoms with Gasteiger partial charge in [0.1, 0.15) is 10.0 Å². The zero-order valence-electron chi connectivity index (χ0n) is 13.2. The fourth-order valence-electron chi connectivity index (χ4n) is 2.49. The van der Waals surface area contributed by atoms with Crippen molar-refractivity contribution in [3.05, 3.63) is 112 Å². The minimum atomic E-state index is -0.684. The monoisotopic (exact) mass is 384 g/mol. The molecule has 0 spiro atoms. The van der Waals surface area contributed by atoms with Gasteiger partial charge in [0.05, 0.1) is 0 Å². The zero-order chi connectivity index (χ0) is 18.8. The summed E-state index contributed by atoms with van der Waals surface area (Å²) < 4.78 is 0. The van der Waals surface area contributed by atoms with E-state index in [1.165, 1.54) is 0 Å². The molecule has 6 heteroatoms. The van der Waals surface area contributed by atoms with E-state index in [4.69, 9.17) is 23.2 Å². The highest BCUT2D eigenvalue weighted by molar-refractivity contribution is 6.43. The van der Waals surface area contributed by atoms with Gasteiger partial charge in [-0.2, -0.15) is 0 Å². The minimum Gasteiger partial charge on any atom is -0.285 e. The SMILES string of the molecule is O=c1c(-c2ccccc2)c(-c2ccccc2)c1=O.O=c1c(Cl)c(Cl)c1=O. The van der Waals surface area contributed by atoms with E-state index >= 15 is 0 Å². The maximum atomic E-state index is 11.7. The van der Waals surface area contributed by atoms with Crippen LogP contribution >= 0.6 is 23.2 Å². The number of hydrogen-bond donors (Lipinski definition) is 0. The van der Waals surface area contributed by atoms with Crippen LogP contribution in [0.3, 0.4) is 0 Å². The second-order valence-corrected chi connectivity index (χ2v) is 6.18. The van der Waals surface area contributed by atoms with E-state index in [1.54, 1.807) is 0 Å². The highest BCUT2D eigenvalue weighted by Gasteiger charge is 2.22. The molecule has 0 N–H and O–H groups in total. The molecule has 0 aliphatic heterocycles. The van der Waals surface area contributed by atoms with Crippen molar-refractivity contribution < 1.29 is 0 Å². The molecule has 0 aliphatic rings. The predicted octanol–water partition coefficient (Wildman–Crippen LogP) is 3.21. The Bertz CT molecular complexity index is 1110. The summed E-state index contributed by atoms with van der Waals surface area (Å²) in [5.74, 6) is 0. The summed E-state index contributed by atoms with van der Waals surface area (Å²) in [6.07, 6.45) is 0. The summed E-state index contributed by atoms with van der Waals surface area (Å²) in [4.78, 5) is 43.8. The molecule has 0 heterocycles. The first-order chi connectivity index (χ1) is 12.4. The van der Waals surface area contributed by atoms with Gasteiger partial charge < -0.3 is 0 Å². The fourth-order valence-corrected chi connectivity index (χ4v) is 2.83. The number of hydrogen-bond acceptors (Lipinski definition) is 4. The molecule has 0 aliphatic carbocycles. The van der Waals surface area contributed by atoms with E-state index in [0.29, 0.717) is 11.1 Å². The lowest BCUT2D eigenvalue weighted by molar-refractivity contribution is 1.40. The van der Waals surface area contributed by atoms with Gasteiger partial charge >= 0.3 is 0 Å². The highest BCUT2D eigenvalue weighted by atomic mass is 35.5. The summed E-state index contributed by atoms with van der Waals surface area (Å²) >= 11 is 10.2. The Kier molecular flexibility index (Phi) is 4.98. The van der Waals surface area contributed by atoms with Crippen molar-refractivity contribution in [2.45, 2.75) is 0 Å². The lowest BCUT2D eigenvalue weighted by Crippen LogP contribution is -2.34. The smallest absolute Gasteiger partial charge is 0.247 e. The van der Waals surface area contributed by atoms with Crippen LogP contribution in [0.25, 0.3) is 22.3 Å². The third kappa shape index (κ3) is 3.05. The van der Waals surface area contributed by atoms with Crippen molar-refractivity contribution in [3.8, 4) is 22.3 Å². The Morgan fingerprint density at radius 2 is 0.769 bits per heavy atom. The topological polar surface area (TPSA) is 68.3 Å². The van der Waals surface area contributed by atoms with Crippen molar-refractivity contribution in [3.63, 3.8) is 0 Å². The first-order valence-corrected chi connectivity index (χ1v) is 8.27. The highest BCUT2D eigenvalue weighted by Crippen LogP contribution is 2.27. The second kappa shape index (κ2) is 7.20. The van der Waals surface area contributed by atoms with E-state index in [9.17, 15) is 19.2 Å². The molecule has 0 bridgehead atoms. The molecule has 0 radical (unpaired) electrons. The van der Waals surface area contributed by atoms with E-state index < -0.39 is 10.9 Å². The van der Waals surface area contributed by atoms with Gasteiger partial charge in [-0.1, -0.05) is 83.9 Å². The Balaban J connectivity index is 0.000000206. The largest absolute Gasteiger partial charge is 0.285 e. The maximum Gasteiger partial charge on any atom is 0.247 e. The molecule has 26 heavy (non-hydrogen) atoms. The Labute approximate surface area is 157 Å². The van der Waals surface area contributed by atoms with Gasteiger partial charge in [0.2, 0.25) is 21.7 Å². The van der Waals surface area contributed by atoms with Crippen molar-refractivity contribution in [1.82, 2.24) is 0 Å². The summed E-state index contributed by atoms with van der Waals surface area (Å²) in [5, 5.41) is -0.284. The average molecular weight is 385 g/mol. The van der Waals surface area contributed by atoms with Gasteiger partial charge in [0, 0.05) is 11.1 Å². The summed E-state index contributed by atoms with van der Waals surface area (Å²) in [7, 11) is 0. The molecule has 0 fully saturated rings. The van der Waals surface area contributed by atoms with Crippen molar-refractivity contribution in [1.29, 1.82) is 0 Å². The quantitative estimate of drug-likeness (QED) is 0.497. The first-order valence-electron chi connectivity index (χ1n) is 7.52. The van der Waals surface area contributed by atoms with Crippen LogP contribution < -0.4 is 21.7 Å². The van der Waals surface area contributed by atoms with Crippen LogP contribution in [0.2, 0.25) is 10.0 Å². The van der Waals surface area contributed by atoms with Gasteiger partial charge in [0.25, 0.3) is 0 Å². The Morgan fingerprint density at radius 3 is 1.04 bits per heavy atom. The van der Waals surface area contributed by atoms with E-state index in [1.807, 2.05) is 60.7 Å². The molecule has 4 aromatic carbocycles. The summed E-state index contributed by atoms with van der Waals surface area (Å²) in [6.45, 7) is 0. The zero-order valence-corrected chi connectivity index (χ0v) is 14.7. The number of benzene rings is 2. The van der Waals surface area contributed by atoms with Crippen LogP contribution in [0.1, 0.15) is 0 Å². The number of rotatable bonds is 2. The molecular weight excluding hydrogens is 375 g/mol. The fraction of sp³-hybridized carbons (Fsp3) is 0. The van der Waals surface area contributed by atoms with Crippen LogP contribution in [0.4, 0.5) is 0 Å². The van der Waals surface area contributed by atoms with Crippen LogP contribution in [-0.4, -0.2) is 0 Å². The Hall–Kier alpha value is -2.82. The Morgan fingerprint density at radius 1 is 0.462 bits per heavy atom.